The number of rotatable bonds is 3. The van der Waals surface area contributed by atoms with Crippen molar-refractivity contribution in [3.8, 4) is 0 Å². The van der Waals surface area contributed by atoms with E-state index in [4.69, 9.17) is 4.74 Å². The summed E-state index contributed by atoms with van der Waals surface area (Å²) in [6.45, 7) is 7.14. The first-order valence-corrected chi connectivity index (χ1v) is 11.5. The summed E-state index contributed by atoms with van der Waals surface area (Å²) in [5.74, 6) is 2.59. The van der Waals surface area contributed by atoms with Gasteiger partial charge in [0, 0.05) is 5.69 Å². The topological polar surface area (TPSA) is 29.5 Å². The van der Waals surface area contributed by atoms with Crippen LogP contribution in [-0.4, -0.2) is 23.7 Å². The van der Waals surface area contributed by atoms with Gasteiger partial charge in [-0.2, -0.15) is 0 Å². The smallest absolute Gasteiger partial charge is 0.258 e. The van der Waals surface area contributed by atoms with Crippen molar-refractivity contribution in [1.82, 2.24) is 0 Å². The zero-order valence-electron chi connectivity index (χ0n) is 18.1. The van der Waals surface area contributed by atoms with E-state index in [1.54, 1.807) is 0 Å². The number of β-lactam (4-membered cyclic amide) rings is 1. The number of nitrogens with zero attached hydrogens (tertiary/aromatic N) is 1. The quantitative estimate of drug-likeness (QED) is 0.670. The first kappa shape index (κ1) is 18.6. The van der Waals surface area contributed by atoms with Gasteiger partial charge in [-0.05, 0) is 73.0 Å². The van der Waals surface area contributed by atoms with Crippen LogP contribution in [0.2, 0.25) is 0 Å². The normalized spacial score (nSPS) is 40.6. The summed E-state index contributed by atoms with van der Waals surface area (Å²) in [5.41, 5.74) is 2.61. The molecule has 2 aliphatic heterocycles. The molecule has 2 saturated heterocycles. The Hall–Kier alpha value is -2.13. The molecule has 2 aliphatic carbocycles. The number of carbonyl (C=O) groups excluding carboxylic acids is 1. The second-order valence-electron chi connectivity index (χ2n) is 10.8. The van der Waals surface area contributed by atoms with E-state index in [9.17, 15) is 4.79 Å². The zero-order valence-corrected chi connectivity index (χ0v) is 18.1. The molecule has 2 aromatic carbocycles. The third kappa shape index (κ3) is 2.51. The molecule has 30 heavy (non-hydrogen) atoms. The maximum Gasteiger partial charge on any atom is 0.258 e. The molecule has 0 bridgehead atoms. The molecule has 156 valence electrons. The lowest BCUT2D eigenvalue weighted by molar-refractivity contribution is -0.218. The van der Waals surface area contributed by atoms with Crippen LogP contribution in [0.5, 0.6) is 0 Å². The van der Waals surface area contributed by atoms with Gasteiger partial charge in [-0.3, -0.25) is 4.79 Å². The number of hydrogen-bond acceptors (Lipinski definition) is 2. The molecule has 7 atom stereocenters. The van der Waals surface area contributed by atoms with Crippen molar-refractivity contribution >= 4 is 11.6 Å². The van der Waals surface area contributed by atoms with Gasteiger partial charge in [0.15, 0.2) is 6.10 Å². The summed E-state index contributed by atoms with van der Waals surface area (Å²) in [5, 5.41) is 0. The summed E-state index contributed by atoms with van der Waals surface area (Å²) in [6, 6.07) is 21.1. The molecule has 1 amide bonds. The summed E-state index contributed by atoms with van der Waals surface area (Å²) >= 11 is 0. The minimum Gasteiger partial charge on any atom is -0.360 e. The minimum atomic E-state index is -0.293. The van der Waals surface area contributed by atoms with Crippen molar-refractivity contribution in [3.05, 3.63) is 66.2 Å². The molecular weight excluding hydrogens is 370 g/mol. The van der Waals surface area contributed by atoms with E-state index in [-0.39, 0.29) is 23.7 Å². The summed E-state index contributed by atoms with van der Waals surface area (Å²) in [6.07, 6.45) is 3.05. The monoisotopic (exact) mass is 401 g/mol. The Morgan fingerprint density at radius 2 is 1.60 bits per heavy atom. The van der Waals surface area contributed by atoms with Crippen LogP contribution >= 0.6 is 0 Å². The van der Waals surface area contributed by atoms with E-state index >= 15 is 0 Å². The van der Waals surface area contributed by atoms with Crippen molar-refractivity contribution in [2.75, 3.05) is 4.90 Å². The average Bonchev–Trinajstić information content (AvgIpc) is 3.27. The second-order valence-corrected chi connectivity index (χ2v) is 10.8. The Morgan fingerprint density at radius 1 is 0.933 bits per heavy atom. The van der Waals surface area contributed by atoms with E-state index in [1.807, 2.05) is 23.1 Å². The molecule has 0 aromatic heterocycles. The van der Waals surface area contributed by atoms with Crippen LogP contribution in [0.4, 0.5) is 5.69 Å². The fraction of sp³-hybridized carbons (Fsp3) is 0.519. The lowest BCUT2D eigenvalue weighted by Crippen LogP contribution is -2.76. The largest absolute Gasteiger partial charge is 0.360 e. The average molecular weight is 402 g/mol. The molecule has 0 N–H and O–H groups in total. The number of carbonyl (C=O) groups is 1. The zero-order chi connectivity index (χ0) is 20.7. The number of anilines is 1. The molecule has 2 saturated carbocycles. The van der Waals surface area contributed by atoms with Crippen LogP contribution < -0.4 is 4.90 Å². The fourth-order valence-corrected chi connectivity index (χ4v) is 7.19. The number of fused-ring (bicyclic) bond motifs is 3. The Labute approximate surface area is 179 Å². The molecule has 0 spiro atoms. The molecule has 0 unspecified atom stereocenters. The third-order valence-electron chi connectivity index (χ3n) is 8.99. The summed E-state index contributed by atoms with van der Waals surface area (Å²) < 4.78 is 6.71. The van der Waals surface area contributed by atoms with E-state index in [0.29, 0.717) is 17.3 Å². The Balaban J connectivity index is 1.40. The van der Waals surface area contributed by atoms with Gasteiger partial charge in [-0.25, -0.2) is 0 Å². The van der Waals surface area contributed by atoms with Gasteiger partial charge in [0.1, 0.15) is 0 Å². The lowest BCUT2D eigenvalue weighted by Gasteiger charge is -2.62. The molecule has 2 heterocycles. The van der Waals surface area contributed by atoms with E-state index < -0.39 is 0 Å². The van der Waals surface area contributed by atoms with Crippen LogP contribution in [0.15, 0.2) is 60.7 Å². The highest BCUT2D eigenvalue weighted by atomic mass is 16.5. The van der Waals surface area contributed by atoms with Crippen LogP contribution in [0.3, 0.4) is 0 Å². The van der Waals surface area contributed by atoms with Crippen molar-refractivity contribution in [1.29, 1.82) is 0 Å². The van der Waals surface area contributed by atoms with Gasteiger partial charge >= 0.3 is 0 Å². The third-order valence-corrected chi connectivity index (χ3v) is 8.99. The number of amides is 1. The molecule has 3 nitrogen and oxygen atoms in total. The fourth-order valence-electron chi connectivity index (χ4n) is 7.19. The lowest BCUT2D eigenvalue weighted by atomic mass is 9.61. The molecule has 4 aliphatic rings. The van der Waals surface area contributed by atoms with Crippen molar-refractivity contribution in [3.63, 3.8) is 0 Å². The van der Waals surface area contributed by atoms with Gasteiger partial charge in [0.05, 0.1) is 11.6 Å². The first-order valence-electron chi connectivity index (χ1n) is 11.5. The summed E-state index contributed by atoms with van der Waals surface area (Å²) in [4.78, 5) is 15.3. The Morgan fingerprint density at radius 3 is 2.30 bits per heavy atom. The first-order chi connectivity index (χ1) is 14.4. The minimum absolute atomic E-state index is 0.136. The molecule has 6 rings (SSSR count). The van der Waals surface area contributed by atoms with Crippen molar-refractivity contribution in [2.24, 2.45) is 29.1 Å². The molecular formula is C27H31NO2. The van der Waals surface area contributed by atoms with Crippen LogP contribution in [0.1, 0.15) is 39.2 Å². The summed E-state index contributed by atoms with van der Waals surface area (Å²) in [7, 11) is 0. The van der Waals surface area contributed by atoms with Crippen LogP contribution in [0.25, 0.3) is 0 Å². The highest BCUT2D eigenvalue weighted by Gasteiger charge is 2.70. The predicted octanol–water partition coefficient (Wildman–Crippen LogP) is 5.10. The van der Waals surface area contributed by atoms with Gasteiger partial charge in [0.25, 0.3) is 5.91 Å². The number of ether oxygens (including phenoxy) is 1. The molecule has 3 heteroatoms. The van der Waals surface area contributed by atoms with E-state index in [0.717, 1.165) is 30.4 Å². The molecule has 2 aromatic rings. The van der Waals surface area contributed by atoms with Crippen LogP contribution in [-0.2, 0) is 16.0 Å². The number of para-hydroxylation sites is 1. The highest BCUT2D eigenvalue weighted by molar-refractivity contribution is 6.05. The van der Waals surface area contributed by atoms with Crippen LogP contribution in [0, 0.1) is 29.1 Å². The van der Waals surface area contributed by atoms with E-state index in [1.165, 1.54) is 12.0 Å². The maximum atomic E-state index is 13.2. The second kappa shape index (κ2) is 6.20. The highest BCUT2D eigenvalue weighted by Crippen LogP contribution is 2.70. The Kier molecular flexibility index (Phi) is 3.85. The van der Waals surface area contributed by atoms with Gasteiger partial charge < -0.3 is 9.64 Å². The Bertz CT molecular complexity index is 971. The number of benzene rings is 2. The maximum absolute atomic E-state index is 13.2. The van der Waals surface area contributed by atoms with Gasteiger partial charge in [-0.1, -0.05) is 62.4 Å². The molecule has 0 radical (unpaired) electrons. The van der Waals surface area contributed by atoms with Gasteiger partial charge in [0.2, 0.25) is 0 Å². The standard InChI is InChI=1S/C27H31NO2/c1-26(2)21-15-20-19(14-17-10-6-4-7-11-17)23-24(30-27(20,3)16-22(21)26)25(29)28(23)18-12-8-5-9-13-18/h4-13,19-24H,14-16H2,1-3H3/t19-,20+,21-,22+,23-,24+,27-/m0/s1. The van der Waals surface area contributed by atoms with Crippen molar-refractivity contribution < 1.29 is 9.53 Å². The predicted molar refractivity (Wildman–Crippen MR) is 118 cm³/mol. The molecule has 4 fully saturated rings. The van der Waals surface area contributed by atoms with Gasteiger partial charge in [-0.15, -0.1) is 0 Å². The van der Waals surface area contributed by atoms with E-state index in [2.05, 4.69) is 63.2 Å². The number of hydrogen-bond donors (Lipinski definition) is 0. The van der Waals surface area contributed by atoms with Crippen molar-refractivity contribution in [2.45, 2.75) is 57.8 Å². The SMILES string of the molecule is CC1(C)[C@@H]2C[C@]3(C)O[C@H]4C(=O)N(c5ccccc5)[C@H]4[C@@H](Cc4ccccc4)[C@H]3C[C@@H]21.